The molecule has 0 radical (unpaired) electrons. The number of nitrogens with zero attached hydrogens (tertiary/aromatic N) is 1. The summed E-state index contributed by atoms with van der Waals surface area (Å²) in [6, 6.07) is -3.73. The Balaban J connectivity index is 3.15. The van der Waals surface area contributed by atoms with Gasteiger partial charge in [-0.25, -0.2) is 0 Å². The Morgan fingerprint density at radius 1 is 1.40 bits per heavy atom. The van der Waals surface area contributed by atoms with Gasteiger partial charge in [0, 0.05) is 30.3 Å². The fourth-order valence-corrected chi connectivity index (χ4v) is 1.78. The van der Waals surface area contributed by atoms with Crippen LogP contribution in [0.3, 0.4) is 0 Å². The first-order chi connectivity index (χ1) is 16.2. The van der Waals surface area contributed by atoms with E-state index in [0.717, 1.165) is 14.2 Å². The second-order valence-corrected chi connectivity index (χ2v) is 4.27. The van der Waals surface area contributed by atoms with Gasteiger partial charge in [0.25, 0.3) is 0 Å². The molecule has 0 spiro atoms. The lowest BCUT2D eigenvalue weighted by Crippen LogP contribution is -2.42. The minimum absolute atomic E-state index is 0.479. The highest BCUT2D eigenvalue weighted by Crippen LogP contribution is 2.40. The Labute approximate surface area is 146 Å². The Hall–Kier alpha value is -1.06. The zero-order valence-electron chi connectivity index (χ0n) is 28.1. The van der Waals surface area contributed by atoms with Crippen molar-refractivity contribution in [3.63, 3.8) is 0 Å². The molecule has 1 aromatic rings. The Kier molecular flexibility index (Phi) is 1.47. The molecule has 1 fully saturated rings. The summed E-state index contributed by atoms with van der Waals surface area (Å²) >= 11 is 0. The van der Waals surface area contributed by atoms with E-state index in [2.05, 4.69) is 0 Å². The normalized spacial score (nSPS) is 45.5. The molecule has 0 saturated heterocycles. The van der Waals surface area contributed by atoms with Crippen molar-refractivity contribution in [2.75, 3.05) is 27.7 Å². The zero-order chi connectivity index (χ0) is 29.5. The molecule has 1 aliphatic rings. The van der Waals surface area contributed by atoms with Crippen LogP contribution in [0.4, 0.5) is 0 Å². The van der Waals surface area contributed by atoms with Crippen molar-refractivity contribution < 1.29 is 33.1 Å². The molecular formula is C17H27NO2. The zero-order valence-corrected chi connectivity index (χ0v) is 11.1. The van der Waals surface area contributed by atoms with Gasteiger partial charge in [0.15, 0.2) is 0 Å². The number of likely N-dealkylation sites (N-methyl/N-ethyl adjacent to an activating group) is 1. The predicted molar refractivity (Wildman–Crippen MR) is 82.3 cm³/mol. The first-order valence-electron chi connectivity index (χ1n) is 14.3. The molecule has 0 aliphatic heterocycles. The molecule has 1 aromatic carbocycles. The van der Waals surface area contributed by atoms with Gasteiger partial charge in [-0.15, -0.1) is 0 Å². The third-order valence-electron chi connectivity index (χ3n) is 2.77. The van der Waals surface area contributed by atoms with Crippen LogP contribution in [0.5, 0.6) is 5.75 Å². The summed E-state index contributed by atoms with van der Waals surface area (Å²) in [6.45, 7) is -4.13. The van der Waals surface area contributed by atoms with Crippen LogP contribution in [0.2, 0.25) is 0 Å². The molecule has 1 saturated carbocycles. The summed E-state index contributed by atoms with van der Waals surface area (Å²) in [5.41, 5.74) is -4.92. The number of benzene rings is 1. The Morgan fingerprint density at radius 2 is 2.05 bits per heavy atom. The van der Waals surface area contributed by atoms with Crippen LogP contribution >= 0.6 is 0 Å². The standard InChI is InChI=1S/C17H27NO2/c1-18(2)13-16(17(19)11-5-4-6-12-17)14-7-9-15(20-3)10-8-14/h7-10,16,19H,4-6,11-13H2,1-3H3/t16-/m1/s1/i1D3,4D2,5D2,6D2,7D,8D,9D,10D,11D2,12D2. The number of aliphatic hydroxyl groups is 1. The number of ether oxygens (including phenoxy) is 1. The molecule has 1 aliphatic carbocycles. The minimum atomic E-state index is -4.03. The quantitative estimate of drug-likeness (QED) is 0.906. The van der Waals surface area contributed by atoms with Crippen molar-refractivity contribution in [2.24, 2.45) is 0 Å². The lowest BCUT2D eigenvalue weighted by atomic mass is 9.72. The molecule has 3 heteroatoms. The molecule has 20 heavy (non-hydrogen) atoms. The van der Waals surface area contributed by atoms with E-state index >= 15 is 0 Å². The average Bonchev–Trinajstić information content (AvgIpc) is 2.74. The van der Waals surface area contributed by atoms with E-state index in [1.807, 2.05) is 0 Å². The summed E-state index contributed by atoms with van der Waals surface area (Å²) in [6.07, 6.45) is -19.8. The van der Waals surface area contributed by atoms with Gasteiger partial charge in [-0.05, 0) is 44.4 Å². The van der Waals surface area contributed by atoms with E-state index in [1.54, 1.807) is 0 Å². The van der Waals surface area contributed by atoms with Crippen molar-refractivity contribution >= 4 is 0 Å². The molecule has 1 N–H and O–H groups in total. The van der Waals surface area contributed by atoms with Gasteiger partial charge in [-0.3, -0.25) is 0 Å². The van der Waals surface area contributed by atoms with Crippen LogP contribution in [-0.2, 0) is 0 Å². The van der Waals surface area contributed by atoms with Crippen molar-refractivity contribution in [2.45, 2.75) is 43.4 Å². The van der Waals surface area contributed by atoms with Crippen molar-refractivity contribution in [3.05, 3.63) is 29.7 Å². The molecule has 112 valence electrons. The summed E-state index contributed by atoms with van der Waals surface area (Å²) in [5, 5.41) is 11.9. The molecule has 0 amide bonds. The monoisotopic (exact) mass is 294 g/mol. The van der Waals surface area contributed by atoms with Gasteiger partial charge < -0.3 is 14.7 Å². The second kappa shape index (κ2) is 6.59. The van der Waals surface area contributed by atoms with Gasteiger partial charge in [0.05, 0.1) is 18.2 Å². The maximum atomic E-state index is 11.9. The average molecular weight is 295 g/mol. The topological polar surface area (TPSA) is 32.7 Å². The molecule has 0 bridgehead atoms. The van der Waals surface area contributed by atoms with Gasteiger partial charge in [-0.1, -0.05) is 31.2 Å². The van der Waals surface area contributed by atoms with Crippen LogP contribution in [0.15, 0.2) is 24.2 Å². The molecular weight excluding hydrogens is 250 g/mol. The third kappa shape index (κ3) is 3.53. The van der Waals surface area contributed by atoms with Crippen molar-refractivity contribution in [1.82, 2.24) is 4.90 Å². The third-order valence-corrected chi connectivity index (χ3v) is 2.77. The number of hydrogen-bond acceptors (Lipinski definition) is 3. The van der Waals surface area contributed by atoms with Crippen LogP contribution < -0.4 is 4.74 Å². The smallest absolute Gasteiger partial charge is 0.118 e. The minimum Gasteiger partial charge on any atom is -0.497 e. The van der Waals surface area contributed by atoms with E-state index in [4.69, 9.17) is 28.0 Å². The van der Waals surface area contributed by atoms with E-state index in [0.29, 0.717) is 4.90 Å². The lowest BCUT2D eigenvalue weighted by molar-refractivity contribution is -0.0277. The van der Waals surface area contributed by atoms with E-state index in [1.165, 1.54) is 0 Å². The SMILES string of the molecule is [2H]c1c([2H])c([C@@H](CN(C)C([2H])([2H])[2H])C2(O)C([2H])([2H])C([2H])([2H])C([2H])([2H])C([2H])([2H])C2([2H])[2H])c([2H])c([2H])c1OC. The molecule has 1 atom stereocenters. The number of hydrogen-bond donors (Lipinski definition) is 1. The fraction of sp³-hybridized carbons (Fsp3) is 0.647. The highest BCUT2D eigenvalue weighted by Gasteiger charge is 2.38. The highest BCUT2D eigenvalue weighted by molar-refractivity contribution is 5.31. The highest BCUT2D eigenvalue weighted by atomic mass is 16.5. The molecule has 0 unspecified atom stereocenters. The molecule has 3 nitrogen and oxygen atoms in total. The van der Waals surface area contributed by atoms with E-state index < -0.39 is 92.4 Å². The summed E-state index contributed by atoms with van der Waals surface area (Å²) in [5.74, 6) is -3.05. The van der Waals surface area contributed by atoms with Crippen molar-refractivity contribution in [3.8, 4) is 5.75 Å². The molecule has 0 heterocycles. The van der Waals surface area contributed by atoms with Crippen molar-refractivity contribution in [1.29, 1.82) is 0 Å². The van der Waals surface area contributed by atoms with E-state index in [-0.39, 0.29) is 0 Å². The van der Waals surface area contributed by atoms with Gasteiger partial charge in [0.2, 0.25) is 0 Å². The van der Waals surface area contributed by atoms with Crippen LogP contribution in [0, 0.1) is 0 Å². The second-order valence-electron chi connectivity index (χ2n) is 4.27. The first kappa shape index (κ1) is 4.47. The van der Waals surface area contributed by atoms with Gasteiger partial charge in [0.1, 0.15) is 5.75 Å². The summed E-state index contributed by atoms with van der Waals surface area (Å²) < 4.78 is 143. The first-order valence-corrected chi connectivity index (χ1v) is 5.81. The number of rotatable bonds is 5. The maximum absolute atomic E-state index is 11.9. The van der Waals surface area contributed by atoms with Gasteiger partial charge in [-0.2, -0.15) is 0 Å². The van der Waals surface area contributed by atoms with Crippen LogP contribution in [0.1, 0.15) is 66.6 Å². The largest absolute Gasteiger partial charge is 0.497 e. The van der Waals surface area contributed by atoms with E-state index in [9.17, 15) is 5.11 Å². The number of methoxy groups -OCH3 is 1. The molecule has 2 rings (SSSR count). The summed E-state index contributed by atoms with van der Waals surface area (Å²) in [4.78, 5) is 0.479. The maximum Gasteiger partial charge on any atom is 0.118 e. The lowest BCUT2D eigenvalue weighted by Gasteiger charge is -2.40. The fourth-order valence-electron chi connectivity index (χ4n) is 1.78. The van der Waals surface area contributed by atoms with Crippen LogP contribution in [-0.4, -0.2) is 43.3 Å². The van der Waals surface area contributed by atoms with Crippen LogP contribution in [0.25, 0.3) is 0 Å². The Morgan fingerprint density at radius 3 is 2.60 bits per heavy atom. The Bertz CT molecular complexity index is 1010. The predicted octanol–water partition coefficient (Wildman–Crippen LogP) is 3.04. The summed E-state index contributed by atoms with van der Waals surface area (Å²) in [7, 11) is 1.96. The molecule has 0 aromatic heterocycles. The van der Waals surface area contributed by atoms with Gasteiger partial charge >= 0.3 is 0 Å².